The van der Waals surface area contributed by atoms with Gasteiger partial charge in [-0.3, -0.25) is 0 Å². The van der Waals surface area contributed by atoms with Crippen molar-refractivity contribution in [3.8, 4) is 45.3 Å². The summed E-state index contributed by atoms with van der Waals surface area (Å²) in [7, 11) is 0. The minimum atomic E-state index is 0.644. The summed E-state index contributed by atoms with van der Waals surface area (Å²) in [6.45, 7) is 0. The second-order valence-electron chi connectivity index (χ2n) is 13.6. The average Bonchev–Trinajstić information content (AvgIpc) is 3.60. The molecule has 0 atom stereocenters. The van der Waals surface area contributed by atoms with Gasteiger partial charge in [-0.05, 0) is 90.6 Å². The normalized spacial score (nSPS) is 11.8. The first-order valence-corrected chi connectivity index (χ1v) is 17.8. The molecule has 0 aliphatic carbocycles. The average molecular weight is 676 g/mol. The molecule has 2 heterocycles. The second kappa shape index (κ2) is 11.7. The van der Waals surface area contributed by atoms with E-state index in [4.69, 9.17) is 19.4 Å². The molecule has 0 bridgehead atoms. The summed E-state index contributed by atoms with van der Waals surface area (Å²) in [5, 5.41) is 11.7. The standard InChI is InChI=1S/C49H29N3O/c1-3-11-31(12-4-1)47-50-48(32-13-5-2-6-14-32)52-49(51-47)43-28-37(26-34-15-7-8-16-38(34)43)33-23-24-39-35(25-33)21-19-30-20-22-36-27-42-40-17-9-10-18-44(40)53-45(42)29-41(36)46(30)39/h1-29H. The van der Waals surface area contributed by atoms with Crippen LogP contribution in [-0.4, -0.2) is 15.0 Å². The summed E-state index contributed by atoms with van der Waals surface area (Å²) in [6, 6.07) is 61.8. The van der Waals surface area contributed by atoms with E-state index in [0.717, 1.165) is 60.5 Å². The molecule has 0 amide bonds. The number of hydrogen-bond donors (Lipinski definition) is 0. The fraction of sp³-hybridized carbons (Fsp3) is 0. The first kappa shape index (κ1) is 29.5. The third-order valence-corrected chi connectivity index (χ3v) is 10.4. The Kier molecular flexibility index (Phi) is 6.52. The maximum Gasteiger partial charge on any atom is 0.164 e. The van der Waals surface area contributed by atoms with Crippen LogP contribution in [0, 0.1) is 0 Å². The number of para-hydroxylation sites is 1. The lowest BCUT2D eigenvalue weighted by Crippen LogP contribution is -2.00. The largest absolute Gasteiger partial charge is 0.456 e. The van der Waals surface area contributed by atoms with Crippen LogP contribution in [0.5, 0.6) is 0 Å². The molecule has 0 aliphatic heterocycles. The van der Waals surface area contributed by atoms with Gasteiger partial charge in [-0.25, -0.2) is 15.0 Å². The van der Waals surface area contributed by atoms with Gasteiger partial charge in [0.15, 0.2) is 17.5 Å². The molecular weight excluding hydrogens is 647 g/mol. The molecule has 0 saturated heterocycles. The predicted molar refractivity (Wildman–Crippen MR) is 219 cm³/mol. The Morgan fingerprint density at radius 1 is 0.302 bits per heavy atom. The van der Waals surface area contributed by atoms with Gasteiger partial charge < -0.3 is 4.42 Å². The van der Waals surface area contributed by atoms with E-state index in [2.05, 4.69) is 103 Å². The van der Waals surface area contributed by atoms with Crippen molar-refractivity contribution >= 4 is 65.0 Å². The van der Waals surface area contributed by atoms with Crippen molar-refractivity contribution in [3.05, 3.63) is 176 Å². The Balaban J connectivity index is 1.10. The third-order valence-electron chi connectivity index (χ3n) is 10.4. The molecule has 0 unspecified atom stereocenters. The van der Waals surface area contributed by atoms with Gasteiger partial charge in [-0.2, -0.15) is 0 Å². The minimum Gasteiger partial charge on any atom is -0.456 e. The highest BCUT2D eigenvalue weighted by molar-refractivity contribution is 6.23. The van der Waals surface area contributed by atoms with Crippen LogP contribution in [0.15, 0.2) is 180 Å². The highest BCUT2D eigenvalue weighted by Gasteiger charge is 2.17. The maximum absolute atomic E-state index is 6.33. The summed E-state index contributed by atoms with van der Waals surface area (Å²) in [5.74, 6) is 1.94. The first-order chi connectivity index (χ1) is 26.2. The zero-order valence-electron chi connectivity index (χ0n) is 28.5. The van der Waals surface area contributed by atoms with Crippen molar-refractivity contribution in [2.45, 2.75) is 0 Å². The van der Waals surface area contributed by atoms with Gasteiger partial charge in [0.05, 0.1) is 0 Å². The second-order valence-corrected chi connectivity index (χ2v) is 13.6. The molecule has 11 aromatic rings. The maximum atomic E-state index is 6.33. The highest BCUT2D eigenvalue weighted by atomic mass is 16.3. The lowest BCUT2D eigenvalue weighted by molar-refractivity contribution is 0.669. The van der Waals surface area contributed by atoms with Crippen molar-refractivity contribution in [2.24, 2.45) is 0 Å². The van der Waals surface area contributed by atoms with Gasteiger partial charge >= 0.3 is 0 Å². The van der Waals surface area contributed by atoms with Gasteiger partial charge in [0.25, 0.3) is 0 Å². The predicted octanol–water partition coefficient (Wildman–Crippen LogP) is 13.1. The summed E-state index contributed by atoms with van der Waals surface area (Å²) in [5.41, 5.74) is 6.92. The monoisotopic (exact) mass is 675 g/mol. The Morgan fingerprint density at radius 2 is 0.887 bits per heavy atom. The minimum absolute atomic E-state index is 0.644. The third kappa shape index (κ3) is 4.88. The van der Waals surface area contributed by atoms with Gasteiger partial charge in [-0.1, -0.05) is 140 Å². The molecule has 0 N–H and O–H groups in total. The highest BCUT2D eigenvalue weighted by Crippen LogP contribution is 2.40. The molecule has 4 heteroatoms. The Bertz CT molecular complexity index is 3160. The first-order valence-electron chi connectivity index (χ1n) is 17.8. The Hall–Kier alpha value is -7.17. The molecular formula is C49H29N3O. The smallest absolute Gasteiger partial charge is 0.164 e. The van der Waals surface area contributed by atoms with E-state index in [1.807, 2.05) is 72.8 Å². The number of benzene rings is 9. The fourth-order valence-electron chi connectivity index (χ4n) is 7.88. The van der Waals surface area contributed by atoms with Gasteiger partial charge in [0.1, 0.15) is 11.2 Å². The summed E-state index contributed by atoms with van der Waals surface area (Å²) in [6.07, 6.45) is 0. The van der Waals surface area contributed by atoms with E-state index >= 15 is 0 Å². The molecule has 53 heavy (non-hydrogen) atoms. The molecule has 9 aromatic carbocycles. The molecule has 0 radical (unpaired) electrons. The molecule has 2 aromatic heterocycles. The van der Waals surface area contributed by atoms with Crippen LogP contribution in [0.4, 0.5) is 0 Å². The topological polar surface area (TPSA) is 51.8 Å². The van der Waals surface area contributed by atoms with Crippen molar-refractivity contribution < 1.29 is 4.42 Å². The van der Waals surface area contributed by atoms with Crippen LogP contribution in [0.1, 0.15) is 0 Å². The molecule has 0 saturated carbocycles. The van der Waals surface area contributed by atoms with Crippen molar-refractivity contribution in [1.82, 2.24) is 15.0 Å². The molecule has 11 rings (SSSR count). The summed E-state index contributed by atoms with van der Waals surface area (Å²) >= 11 is 0. The Labute approximate surface area is 304 Å². The lowest BCUT2D eigenvalue weighted by atomic mass is 9.92. The summed E-state index contributed by atoms with van der Waals surface area (Å²) < 4.78 is 6.33. The number of nitrogens with zero attached hydrogens (tertiary/aromatic N) is 3. The van der Waals surface area contributed by atoms with Crippen LogP contribution < -0.4 is 0 Å². The van der Waals surface area contributed by atoms with Crippen LogP contribution in [0.2, 0.25) is 0 Å². The van der Waals surface area contributed by atoms with Gasteiger partial charge in [0.2, 0.25) is 0 Å². The lowest BCUT2D eigenvalue weighted by Gasteiger charge is -2.14. The van der Waals surface area contributed by atoms with E-state index in [-0.39, 0.29) is 0 Å². The number of furan rings is 1. The molecule has 0 aliphatic rings. The van der Waals surface area contributed by atoms with Crippen LogP contribution in [-0.2, 0) is 0 Å². The van der Waals surface area contributed by atoms with E-state index in [0.29, 0.717) is 17.5 Å². The quantitative estimate of drug-likeness (QED) is 0.174. The zero-order chi connectivity index (χ0) is 34.9. The molecule has 4 nitrogen and oxygen atoms in total. The van der Waals surface area contributed by atoms with E-state index in [1.165, 1.54) is 32.3 Å². The van der Waals surface area contributed by atoms with E-state index < -0.39 is 0 Å². The number of aromatic nitrogens is 3. The van der Waals surface area contributed by atoms with Crippen molar-refractivity contribution in [3.63, 3.8) is 0 Å². The van der Waals surface area contributed by atoms with Crippen LogP contribution in [0.25, 0.3) is 110 Å². The van der Waals surface area contributed by atoms with Crippen molar-refractivity contribution in [1.29, 1.82) is 0 Å². The SMILES string of the molecule is c1ccc(-c2nc(-c3ccccc3)nc(-c3cc(-c4ccc5c(ccc6ccc7cc8c(cc7c65)oc5ccccc58)c4)cc4ccccc34)n2)cc1. The van der Waals surface area contributed by atoms with Crippen LogP contribution >= 0.6 is 0 Å². The number of hydrogen-bond acceptors (Lipinski definition) is 4. The Morgan fingerprint density at radius 3 is 1.64 bits per heavy atom. The van der Waals surface area contributed by atoms with E-state index in [1.54, 1.807) is 0 Å². The number of fused-ring (bicyclic) bond motifs is 9. The van der Waals surface area contributed by atoms with Crippen LogP contribution in [0.3, 0.4) is 0 Å². The number of rotatable bonds is 4. The van der Waals surface area contributed by atoms with E-state index in [9.17, 15) is 0 Å². The van der Waals surface area contributed by atoms with Gasteiger partial charge in [0, 0.05) is 27.5 Å². The molecule has 246 valence electrons. The zero-order valence-corrected chi connectivity index (χ0v) is 28.5. The fourth-order valence-corrected chi connectivity index (χ4v) is 7.88. The van der Waals surface area contributed by atoms with Gasteiger partial charge in [-0.15, -0.1) is 0 Å². The molecule has 0 spiro atoms. The van der Waals surface area contributed by atoms with Crippen molar-refractivity contribution in [2.75, 3.05) is 0 Å². The molecule has 0 fully saturated rings. The summed E-state index contributed by atoms with van der Waals surface area (Å²) in [4.78, 5) is 15.1.